The van der Waals surface area contributed by atoms with Gasteiger partial charge in [-0.2, -0.15) is 0 Å². The Morgan fingerprint density at radius 1 is 1.14 bits per heavy atom. The Labute approximate surface area is 129 Å². The average molecular weight is 308 g/mol. The quantitative estimate of drug-likeness (QED) is 0.751. The first-order valence-corrected chi connectivity index (χ1v) is 7.41. The summed E-state index contributed by atoms with van der Waals surface area (Å²) in [6.45, 7) is 5.52. The molecule has 1 N–H and O–H groups in total. The van der Waals surface area contributed by atoms with Crippen LogP contribution < -0.4 is 10.1 Å². The molecule has 0 aliphatic heterocycles. The smallest absolute Gasteiger partial charge is 0.130 e. The van der Waals surface area contributed by atoms with Crippen molar-refractivity contribution in [3.63, 3.8) is 0 Å². The van der Waals surface area contributed by atoms with Crippen molar-refractivity contribution in [2.24, 2.45) is 0 Å². The third-order valence-corrected chi connectivity index (χ3v) is 3.50. The molecular weight excluding hydrogens is 289 g/mol. The third-order valence-electron chi connectivity index (χ3n) is 3.15. The number of benzene rings is 2. The van der Waals surface area contributed by atoms with Crippen LogP contribution in [0.15, 0.2) is 36.4 Å². The van der Waals surface area contributed by atoms with E-state index in [2.05, 4.69) is 12.2 Å². The van der Waals surface area contributed by atoms with Crippen molar-refractivity contribution < 1.29 is 9.13 Å². The molecule has 2 aromatic carbocycles. The summed E-state index contributed by atoms with van der Waals surface area (Å²) in [4.78, 5) is 0. The number of rotatable bonds is 6. The average Bonchev–Trinajstić information content (AvgIpc) is 2.45. The number of aryl methyl sites for hydroxylation is 1. The molecule has 0 fully saturated rings. The molecule has 112 valence electrons. The van der Waals surface area contributed by atoms with Gasteiger partial charge >= 0.3 is 0 Å². The molecule has 4 heteroatoms. The van der Waals surface area contributed by atoms with Gasteiger partial charge in [-0.05, 0) is 49.2 Å². The van der Waals surface area contributed by atoms with Gasteiger partial charge in [-0.3, -0.25) is 0 Å². The first-order valence-electron chi connectivity index (χ1n) is 7.03. The summed E-state index contributed by atoms with van der Waals surface area (Å²) in [6, 6.07) is 10.3. The highest BCUT2D eigenvalue weighted by Gasteiger charge is 2.05. The highest BCUT2D eigenvalue weighted by Crippen LogP contribution is 2.27. The second-order valence-electron chi connectivity index (χ2n) is 4.94. The van der Waals surface area contributed by atoms with Crippen LogP contribution in [0.5, 0.6) is 11.5 Å². The lowest BCUT2D eigenvalue weighted by Gasteiger charge is -2.10. The van der Waals surface area contributed by atoms with Gasteiger partial charge in [-0.1, -0.05) is 30.7 Å². The van der Waals surface area contributed by atoms with Crippen LogP contribution in [0.25, 0.3) is 0 Å². The number of hydrogen-bond donors (Lipinski definition) is 1. The van der Waals surface area contributed by atoms with Gasteiger partial charge in [0.25, 0.3) is 0 Å². The van der Waals surface area contributed by atoms with Crippen molar-refractivity contribution in [1.29, 1.82) is 0 Å². The molecule has 0 aromatic heterocycles. The van der Waals surface area contributed by atoms with Crippen molar-refractivity contribution in [3.05, 3.63) is 58.4 Å². The molecule has 0 heterocycles. The third kappa shape index (κ3) is 4.45. The Morgan fingerprint density at radius 3 is 2.52 bits per heavy atom. The van der Waals surface area contributed by atoms with Gasteiger partial charge in [0, 0.05) is 17.6 Å². The Balaban J connectivity index is 2.07. The van der Waals surface area contributed by atoms with Gasteiger partial charge in [-0.25, -0.2) is 4.39 Å². The van der Waals surface area contributed by atoms with E-state index in [4.69, 9.17) is 16.3 Å². The maximum Gasteiger partial charge on any atom is 0.130 e. The molecule has 0 aliphatic rings. The minimum Gasteiger partial charge on any atom is -0.457 e. The minimum absolute atomic E-state index is 0.279. The normalized spacial score (nSPS) is 10.7. The van der Waals surface area contributed by atoms with E-state index in [1.165, 1.54) is 6.07 Å². The summed E-state index contributed by atoms with van der Waals surface area (Å²) < 4.78 is 19.1. The second-order valence-corrected chi connectivity index (χ2v) is 5.35. The van der Waals surface area contributed by atoms with E-state index in [0.717, 1.165) is 25.1 Å². The first-order chi connectivity index (χ1) is 10.1. The van der Waals surface area contributed by atoms with Gasteiger partial charge in [0.2, 0.25) is 0 Å². The zero-order valence-corrected chi connectivity index (χ0v) is 13.0. The van der Waals surface area contributed by atoms with Crippen molar-refractivity contribution >= 4 is 11.6 Å². The van der Waals surface area contributed by atoms with Crippen molar-refractivity contribution in [2.75, 3.05) is 6.54 Å². The molecule has 2 nitrogen and oxygen atoms in total. The lowest BCUT2D eigenvalue weighted by molar-refractivity contribution is 0.475. The van der Waals surface area contributed by atoms with E-state index in [9.17, 15) is 4.39 Å². The summed E-state index contributed by atoms with van der Waals surface area (Å²) in [5, 5.41) is 3.94. The standard InChI is InChI=1S/C17H19ClFNO/c1-3-8-20-11-13-5-7-14(9-16(13)18)21-15-6-4-12(2)17(19)10-15/h4-7,9-10,20H,3,8,11H2,1-2H3. The lowest BCUT2D eigenvalue weighted by atomic mass is 10.2. The lowest BCUT2D eigenvalue weighted by Crippen LogP contribution is -2.13. The Morgan fingerprint density at radius 2 is 1.86 bits per heavy atom. The van der Waals surface area contributed by atoms with E-state index in [-0.39, 0.29) is 5.82 Å². The predicted octanol–water partition coefficient (Wildman–Crippen LogP) is 5.08. The van der Waals surface area contributed by atoms with Gasteiger partial charge in [-0.15, -0.1) is 0 Å². The van der Waals surface area contributed by atoms with Crippen LogP contribution in [-0.2, 0) is 6.54 Å². The molecule has 0 radical (unpaired) electrons. The zero-order valence-electron chi connectivity index (χ0n) is 12.2. The zero-order chi connectivity index (χ0) is 15.2. The summed E-state index contributed by atoms with van der Waals surface area (Å²) in [5.41, 5.74) is 1.62. The fraction of sp³-hybridized carbons (Fsp3) is 0.294. The van der Waals surface area contributed by atoms with Crippen LogP contribution in [0, 0.1) is 12.7 Å². The van der Waals surface area contributed by atoms with Crippen LogP contribution in [0.3, 0.4) is 0 Å². The van der Waals surface area contributed by atoms with Crippen molar-refractivity contribution in [2.45, 2.75) is 26.8 Å². The predicted molar refractivity (Wildman–Crippen MR) is 84.7 cm³/mol. The molecule has 0 saturated heterocycles. The minimum atomic E-state index is -0.279. The summed E-state index contributed by atoms with van der Waals surface area (Å²) in [7, 11) is 0. The van der Waals surface area contributed by atoms with Crippen LogP contribution in [0.2, 0.25) is 5.02 Å². The Hall–Kier alpha value is -1.58. The fourth-order valence-corrected chi connectivity index (χ4v) is 2.15. The molecule has 0 spiro atoms. The Bertz CT molecular complexity index is 616. The highest BCUT2D eigenvalue weighted by molar-refractivity contribution is 6.31. The van der Waals surface area contributed by atoms with E-state index < -0.39 is 0 Å². The molecule has 0 aliphatic carbocycles. The van der Waals surface area contributed by atoms with Crippen LogP contribution in [-0.4, -0.2) is 6.54 Å². The molecule has 0 unspecified atom stereocenters. The highest BCUT2D eigenvalue weighted by atomic mass is 35.5. The van der Waals surface area contributed by atoms with Crippen molar-refractivity contribution in [1.82, 2.24) is 5.32 Å². The SMILES string of the molecule is CCCNCc1ccc(Oc2ccc(C)c(F)c2)cc1Cl. The monoisotopic (exact) mass is 307 g/mol. The molecule has 0 saturated carbocycles. The first kappa shape index (κ1) is 15.8. The number of ether oxygens (including phenoxy) is 1. The summed E-state index contributed by atoms with van der Waals surface area (Å²) in [5.74, 6) is 0.785. The van der Waals surface area contributed by atoms with Crippen molar-refractivity contribution in [3.8, 4) is 11.5 Å². The molecule has 21 heavy (non-hydrogen) atoms. The van der Waals surface area contributed by atoms with E-state index in [1.54, 1.807) is 25.1 Å². The van der Waals surface area contributed by atoms with Crippen LogP contribution >= 0.6 is 11.6 Å². The van der Waals surface area contributed by atoms with Crippen LogP contribution in [0.1, 0.15) is 24.5 Å². The fourth-order valence-electron chi connectivity index (χ4n) is 1.91. The maximum absolute atomic E-state index is 13.5. The largest absolute Gasteiger partial charge is 0.457 e. The van der Waals surface area contributed by atoms with Crippen LogP contribution in [0.4, 0.5) is 4.39 Å². The van der Waals surface area contributed by atoms with E-state index in [0.29, 0.717) is 22.1 Å². The van der Waals surface area contributed by atoms with Gasteiger partial charge < -0.3 is 10.1 Å². The van der Waals surface area contributed by atoms with E-state index >= 15 is 0 Å². The van der Waals surface area contributed by atoms with E-state index in [1.807, 2.05) is 12.1 Å². The van der Waals surface area contributed by atoms with Gasteiger partial charge in [0.05, 0.1) is 0 Å². The number of halogens is 2. The van der Waals surface area contributed by atoms with Gasteiger partial charge in [0.1, 0.15) is 17.3 Å². The summed E-state index contributed by atoms with van der Waals surface area (Å²) in [6.07, 6.45) is 1.08. The number of hydrogen-bond acceptors (Lipinski definition) is 2. The molecular formula is C17H19ClFNO. The molecule has 0 amide bonds. The summed E-state index contributed by atoms with van der Waals surface area (Å²) >= 11 is 6.24. The number of nitrogens with one attached hydrogen (secondary N) is 1. The molecule has 0 bridgehead atoms. The Kier molecular flexibility index (Phi) is 5.59. The molecule has 2 aromatic rings. The van der Waals surface area contributed by atoms with Gasteiger partial charge in [0.15, 0.2) is 0 Å². The topological polar surface area (TPSA) is 21.3 Å². The molecule has 0 atom stereocenters. The maximum atomic E-state index is 13.5. The second kappa shape index (κ2) is 7.43. The molecule has 2 rings (SSSR count).